The quantitative estimate of drug-likeness (QED) is 0.332. The van der Waals surface area contributed by atoms with Gasteiger partial charge in [0.1, 0.15) is 11.5 Å². The Morgan fingerprint density at radius 3 is 2.94 bits per heavy atom. The number of pyridine rings is 1. The van der Waals surface area contributed by atoms with Crippen molar-refractivity contribution in [3.8, 4) is 0 Å². The highest BCUT2D eigenvalue weighted by Gasteiger charge is 2.11. The van der Waals surface area contributed by atoms with E-state index in [-0.39, 0.29) is 5.69 Å². The summed E-state index contributed by atoms with van der Waals surface area (Å²) >= 11 is 0. The molecule has 0 saturated heterocycles. The number of anilines is 1. The standard InChI is InChI=1S/C12H17N3O3/c1-3-4-8-18-9-7-13-12-6-5-11(15(16)17)10(2)14-12/h3,5-6H,1,4,7-9H2,2H3,(H,13,14). The Hall–Kier alpha value is -1.95. The van der Waals surface area contributed by atoms with Crippen LogP contribution in [0.25, 0.3) is 0 Å². The maximum atomic E-state index is 10.6. The Labute approximate surface area is 106 Å². The summed E-state index contributed by atoms with van der Waals surface area (Å²) in [7, 11) is 0. The SMILES string of the molecule is C=CCCOCCNc1ccc([N+](=O)[O-])c(C)n1. The molecular weight excluding hydrogens is 234 g/mol. The van der Waals surface area contributed by atoms with Crippen molar-refractivity contribution in [2.24, 2.45) is 0 Å². The molecular formula is C12H17N3O3. The number of ether oxygens (including phenoxy) is 1. The van der Waals surface area contributed by atoms with Gasteiger partial charge in [0.2, 0.25) is 0 Å². The van der Waals surface area contributed by atoms with Crippen molar-refractivity contribution in [2.45, 2.75) is 13.3 Å². The van der Waals surface area contributed by atoms with Crippen LogP contribution in [-0.2, 0) is 4.74 Å². The number of aromatic nitrogens is 1. The van der Waals surface area contributed by atoms with E-state index < -0.39 is 4.92 Å². The van der Waals surface area contributed by atoms with E-state index in [2.05, 4.69) is 16.9 Å². The first kappa shape index (κ1) is 14.1. The Kier molecular flexibility index (Phi) is 5.79. The van der Waals surface area contributed by atoms with Gasteiger partial charge < -0.3 is 10.1 Å². The van der Waals surface area contributed by atoms with E-state index in [1.165, 1.54) is 6.07 Å². The molecule has 6 heteroatoms. The summed E-state index contributed by atoms with van der Waals surface area (Å²) in [6.07, 6.45) is 2.63. The highest BCUT2D eigenvalue weighted by Crippen LogP contribution is 2.17. The van der Waals surface area contributed by atoms with Gasteiger partial charge in [-0.1, -0.05) is 6.08 Å². The fourth-order valence-electron chi connectivity index (χ4n) is 1.37. The molecule has 6 nitrogen and oxygen atoms in total. The third-order valence-electron chi connectivity index (χ3n) is 2.27. The van der Waals surface area contributed by atoms with E-state index in [9.17, 15) is 10.1 Å². The van der Waals surface area contributed by atoms with Gasteiger partial charge in [0.25, 0.3) is 5.69 Å². The Morgan fingerprint density at radius 2 is 2.33 bits per heavy atom. The van der Waals surface area contributed by atoms with Crippen molar-refractivity contribution in [2.75, 3.05) is 25.1 Å². The third-order valence-corrected chi connectivity index (χ3v) is 2.27. The zero-order valence-electron chi connectivity index (χ0n) is 10.4. The van der Waals surface area contributed by atoms with Crippen LogP contribution in [0, 0.1) is 17.0 Å². The van der Waals surface area contributed by atoms with Crippen molar-refractivity contribution < 1.29 is 9.66 Å². The summed E-state index contributed by atoms with van der Waals surface area (Å²) in [6, 6.07) is 3.04. The number of nitro groups is 1. The first-order valence-corrected chi connectivity index (χ1v) is 5.69. The average Bonchev–Trinajstić information content (AvgIpc) is 2.33. The summed E-state index contributed by atoms with van der Waals surface area (Å²) in [6.45, 7) is 7.04. The van der Waals surface area contributed by atoms with Gasteiger partial charge in [-0.3, -0.25) is 10.1 Å². The molecule has 1 N–H and O–H groups in total. The molecule has 0 spiro atoms. The lowest BCUT2D eigenvalue weighted by atomic mass is 10.3. The lowest BCUT2D eigenvalue weighted by Gasteiger charge is -2.06. The van der Waals surface area contributed by atoms with Crippen molar-refractivity contribution in [3.05, 3.63) is 40.6 Å². The lowest BCUT2D eigenvalue weighted by Crippen LogP contribution is -2.11. The van der Waals surface area contributed by atoms with E-state index in [1.807, 2.05) is 0 Å². The molecule has 0 fully saturated rings. The highest BCUT2D eigenvalue weighted by atomic mass is 16.6. The summed E-state index contributed by atoms with van der Waals surface area (Å²) in [5.74, 6) is 0.616. The largest absolute Gasteiger partial charge is 0.379 e. The molecule has 0 unspecified atom stereocenters. The summed E-state index contributed by atoms with van der Waals surface area (Å²) in [5.41, 5.74) is 0.431. The maximum Gasteiger partial charge on any atom is 0.290 e. The number of aryl methyl sites for hydroxylation is 1. The van der Waals surface area contributed by atoms with Gasteiger partial charge in [0.15, 0.2) is 0 Å². The number of rotatable bonds is 8. The molecule has 0 aliphatic heterocycles. The van der Waals surface area contributed by atoms with Gasteiger partial charge in [0, 0.05) is 12.6 Å². The minimum atomic E-state index is -0.440. The third kappa shape index (κ3) is 4.50. The molecule has 0 radical (unpaired) electrons. The summed E-state index contributed by atoms with van der Waals surface area (Å²) < 4.78 is 5.32. The number of hydrogen-bond donors (Lipinski definition) is 1. The number of hydrogen-bond acceptors (Lipinski definition) is 5. The maximum absolute atomic E-state index is 10.6. The van der Waals surface area contributed by atoms with Gasteiger partial charge in [0.05, 0.1) is 18.1 Å². The fraction of sp³-hybridized carbons (Fsp3) is 0.417. The fourth-order valence-corrected chi connectivity index (χ4v) is 1.37. The van der Waals surface area contributed by atoms with E-state index in [0.29, 0.717) is 31.3 Å². The smallest absolute Gasteiger partial charge is 0.290 e. The number of nitrogens with zero attached hydrogens (tertiary/aromatic N) is 2. The van der Waals surface area contributed by atoms with Crippen molar-refractivity contribution >= 4 is 11.5 Å². The van der Waals surface area contributed by atoms with E-state index in [1.54, 1.807) is 19.1 Å². The molecule has 18 heavy (non-hydrogen) atoms. The molecule has 98 valence electrons. The topological polar surface area (TPSA) is 77.3 Å². The van der Waals surface area contributed by atoms with Gasteiger partial charge in [-0.15, -0.1) is 6.58 Å². The van der Waals surface area contributed by atoms with Crippen LogP contribution in [-0.4, -0.2) is 29.7 Å². The second kappa shape index (κ2) is 7.39. The molecule has 1 heterocycles. The Balaban J connectivity index is 2.37. The van der Waals surface area contributed by atoms with Gasteiger partial charge in [-0.2, -0.15) is 0 Å². The van der Waals surface area contributed by atoms with Crippen LogP contribution in [0.15, 0.2) is 24.8 Å². The molecule has 0 amide bonds. The highest BCUT2D eigenvalue weighted by molar-refractivity contribution is 5.44. The Morgan fingerprint density at radius 1 is 1.56 bits per heavy atom. The minimum Gasteiger partial charge on any atom is -0.379 e. The summed E-state index contributed by atoms with van der Waals surface area (Å²) in [4.78, 5) is 14.3. The van der Waals surface area contributed by atoms with Crippen molar-refractivity contribution in [1.29, 1.82) is 0 Å². The average molecular weight is 251 g/mol. The van der Waals surface area contributed by atoms with E-state index in [4.69, 9.17) is 4.74 Å². The molecule has 0 saturated carbocycles. The minimum absolute atomic E-state index is 0.0304. The predicted molar refractivity (Wildman–Crippen MR) is 69.8 cm³/mol. The molecule has 0 aliphatic carbocycles. The monoisotopic (exact) mass is 251 g/mol. The van der Waals surface area contributed by atoms with Gasteiger partial charge >= 0.3 is 0 Å². The van der Waals surface area contributed by atoms with Crippen molar-refractivity contribution in [3.63, 3.8) is 0 Å². The van der Waals surface area contributed by atoms with Crippen LogP contribution in [0.5, 0.6) is 0 Å². The first-order valence-electron chi connectivity index (χ1n) is 5.69. The number of nitrogens with one attached hydrogen (secondary N) is 1. The molecule has 1 rings (SSSR count). The predicted octanol–water partition coefficient (Wildman–Crippen LogP) is 2.30. The zero-order valence-corrected chi connectivity index (χ0v) is 10.4. The van der Waals surface area contributed by atoms with Crippen LogP contribution in [0.2, 0.25) is 0 Å². The molecule has 1 aromatic heterocycles. The normalized spacial score (nSPS) is 10.1. The van der Waals surface area contributed by atoms with Crippen LogP contribution in [0.3, 0.4) is 0 Å². The van der Waals surface area contributed by atoms with E-state index >= 15 is 0 Å². The molecule has 1 aromatic rings. The Bertz CT molecular complexity index is 421. The molecule has 0 atom stereocenters. The molecule has 0 bridgehead atoms. The van der Waals surface area contributed by atoms with Crippen LogP contribution < -0.4 is 5.32 Å². The van der Waals surface area contributed by atoms with Crippen LogP contribution in [0.1, 0.15) is 12.1 Å². The second-order valence-electron chi connectivity index (χ2n) is 3.67. The molecule has 0 aromatic carbocycles. The van der Waals surface area contributed by atoms with Gasteiger partial charge in [-0.25, -0.2) is 4.98 Å². The summed E-state index contributed by atoms with van der Waals surface area (Å²) in [5, 5.41) is 13.7. The zero-order chi connectivity index (χ0) is 13.4. The second-order valence-corrected chi connectivity index (χ2v) is 3.67. The van der Waals surface area contributed by atoms with Gasteiger partial charge in [-0.05, 0) is 19.4 Å². The van der Waals surface area contributed by atoms with Crippen molar-refractivity contribution in [1.82, 2.24) is 4.98 Å². The van der Waals surface area contributed by atoms with Crippen LogP contribution in [0.4, 0.5) is 11.5 Å². The molecule has 0 aliphatic rings. The van der Waals surface area contributed by atoms with E-state index in [0.717, 1.165) is 6.42 Å². The first-order chi connectivity index (χ1) is 8.65. The van der Waals surface area contributed by atoms with Crippen LogP contribution >= 0.6 is 0 Å². The lowest BCUT2D eigenvalue weighted by molar-refractivity contribution is -0.385.